The molecule has 1 spiro atoms. The molecule has 0 amide bonds. The monoisotopic (exact) mass is 922 g/mol. The zero-order chi connectivity index (χ0) is 46.4. The molecule has 71 heavy (non-hydrogen) atoms. The first-order valence-electron chi connectivity index (χ1n) is 24.1. The van der Waals surface area contributed by atoms with Gasteiger partial charge in [-0.2, -0.15) is 0 Å². The molecule has 7 heterocycles. The van der Waals surface area contributed by atoms with Crippen molar-refractivity contribution in [3.63, 3.8) is 0 Å². The molecule has 2 aliphatic rings. The summed E-state index contributed by atoms with van der Waals surface area (Å²) < 4.78 is 7.11. The van der Waals surface area contributed by atoms with E-state index in [2.05, 4.69) is 226 Å². The summed E-state index contributed by atoms with van der Waals surface area (Å²) in [6, 6.07) is 77.7. The van der Waals surface area contributed by atoms with Gasteiger partial charge in [0.25, 0.3) is 0 Å². The number of pyridine rings is 3. The van der Waals surface area contributed by atoms with Crippen LogP contribution in [0.5, 0.6) is 0 Å². The van der Waals surface area contributed by atoms with E-state index in [1.54, 1.807) is 0 Å². The summed E-state index contributed by atoms with van der Waals surface area (Å²) >= 11 is 1.86. The van der Waals surface area contributed by atoms with Crippen molar-refractivity contribution in [1.29, 1.82) is 0 Å². The third-order valence-electron chi connectivity index (χ3n) is 15.3. The molecule has 0 bridgehead atoms. The standard InChI is InChI=1S/C64H38N6S/c1-6-20-53-43(13-1)44-14-2-7-21-54(44)68(53)41-27-30-59-52(37-41)64(50-18-11-32-66-62(50)63-51(64)19-12-33-67-63)49-28-25-40(36-60(49)71-59)39-26-29-58-48(35-39)47-17-5-10-24-57(47)70(58)61-38-42(31-34-65-61)69-55-22-8-3-15-45(55)46-16-4-9-23-56(46)69/h1-38H. The number of aromatic nitrogens is 6. The van der Waals surface area contributed by atoms with Crippen LogP contribution in [0.15, 0.2) is 241 Å². The van der Waals surface area contributed by atoms with Crippen molar-refractivity contribution in [1.82, 2.24) is 28.7 Å². The van der Waals surface area contributed by atoms with Gasteiger partial charge in [0, 0.05) is 72.5 Å². The summed E-state index contributed by atoms with van der Waals surface area (Å²) in [4.78, 5) is 17.6. The molecule has 16 rings (SSSR count). The normalized spacial score (nSPS) is 13.4. The Balaban J connectivity index is 0.866. The van der Waals surface area contributed by atoms with Gasteiger partial charge in [-0.25, -0.2) is 4.98 Å². The van der Waals surface area contributed by atoms with E-state index in [0.29, 0.717) is 0 Å². The maximum Gasteiger partial charge on any atom is 0.139 e. The Morgan fingerprint density at radius 2 is 0.803 bits per heavy atom. The van der Waals surface area contributed by atoms with E-state index in [1.165, 1.54) is 75.3 Å². The van der Waals surface area contributed by atoms with Crippen molar-refractivity contribution in [2.45, 2.75) is 15.2 Å². The number of para-hydroxylation sites is 5. The van der Waals surface area contributed by atoms with Crippen LogP contribution in [0, 0.1) is 0 Å². The van der Waals surface area contributed by atoms with Crippen LogP contribution in [-0.4, -0.2) is 28.7 Å². The lowest BCUT2D eigenvalue weighted by Crippen LogP contribution is -2.32. The molecule has 7 heteroatoms. The minimum Gasteiger partial charge on any atom is -0.309 e. The Morgan fingerprint density at radius 3 is 1.39 bits per heavy atom. The highest BCUT2D eigenvalue weighted by Crippen LogP contribution is 2.62. The van der Waals surface area contributed by atoms with Crippen molar-refractivity contribution in [3.8, 4) is 39.7 Å². The highest BCUT2D eigenvalue weighted by atomic mass is 32.2. The lowest BCUT2D eigenvalue weighted by atomic mass is 9.67. The third kappa shape index (κ3) is 5.25. The quantitative estimate of drug-likeness (QED) is 0.176. The van der Waals surface area contributed by atoms with Crippen LogP contribution in [0.1, 0.15) is 22.3 Å². The molecule has 330 valence electrons. The number of benzene rings is 8. The Morgan fingerprint density at radius 1 is 0.310 bits per heavy atom. The molecule has 1 aliphatic heterocycles. The maximum absolute atomic E-state index is 5.05. The van der Waals surface area contributed by atoms with E-state index in [9.17, 15) is 0 Å². The Bertz CT molecular complexity index is 4440. The van der Waals surface area contributed by atoms with E-state index in [-0.39, 0.29) is 0 Å². The molecule has 6 aromatic heterocycles. The minimum absolute atomic E-state index is 0.644. The van der Waals surface area contributed by atoms with Crippen LogP contribution < -0.4 is 0 Å². The molecular formula is C64H38N6S. The summed E-state index contributed by atoms with van der Waals surface area (Å²) in [5.41, 5.74) is 17.5. The van der Waals surface area contributed by atoms with E-state index >= 15 is 0 Å². The summed E-state index contributed by atoms with van der Waals surface area (Å²) in [5.74, 6) is 0.875. The Labute approximate surface area is 411 Å². The second kappa shape index (κ2) is 14.5. The fourth-order valence-electron chi connectivity index (χ4n) is 12.4. The predicted octanol–water partition coefficient (Wildman–Crippen LogP) is 15.7. The third-order valence-corrected chi connectivity index (χ3v) is 16.4. The zero-order valence-electron chi connectivity index (χ0n) is 38.0. The number of fused-ring (bicyclic) bond motifs is 18. The molecule has 8 aromatic carbocycles. The minimum atomic E-state index is -0.644. The molecule has 6 nitrogen and oxygen atoms in total. The second-order valence-corrected chi connectivity index (χ2v) is 19.8. The van der Waals surface area contributed by atoms with Crippen molar-refractivity contribution < 1.29 is 0 Å². The highest BCUT2D eigenvalue weighted by molar-refractivity contribution is 7.99. The smallest absolute Gasteiger partial charge is 0.139 e. The lowest BCUT2D eigenvalue weighted by Gasteiger charge is -2.39. The van der Waals surface area contributed by atoms with Gasteiger partial charge in [-0.05, 0) is 118 Å². The van der Waals surface area contributed by atoms with Gasteiger partial charge in [-0.1, -0.05) is 133 Å². The molecule has 0 radical (unpaired) electrons. The predicted molar refractivity (Wildman–Crippen MR) is 290 cm³/mol. The van der Waals surface area contributed by atoms with E-state index < -0.39 is 5.41 Å². The van der Waals surface area contributed by atoms with Gasteiger partial charge in [0.15, 0.2) is 0 Å². The Kier molecular flexibility index (Phi) is 7.94. The van der Waals surface area contributed by atoms with Crippen LogP contribution in [0.25, 0.3) is 105 Å². The van der Waals surface area contributed by atoms with E-state index in [0.717, 1.165) is 61.9 Å². The SMILES string of the molecule is c1cnc2c(c1)C1(c3ccc(-c4ccc5c(c4)c4ccccc4n5-c4cc(-n5c6ccccc6c6ccccc65)ccn4)cc3Sc3ccc(-n4c5ccccc5c5ccccc54)cc31)c1cccnc1-2. The van der Waals surface area contributed by atoms with E-state index in [4.69, 9.17) is 15.0 Å². The first kappa shape index (κ1) is 38.9. The summed E-state index contributed by atoms with van der Waals surface area (Å²) in [5, 5.41) is 7.34. The van der Waals surface area contributed by atoms with Gasteiger partial charge < -0.3 is 9.13 Å². The van der Waals surface area contributed by atoms with Crippen molar-refractivity contribution in [2.75, 3.05) is 0 Å². The van der Waals surface area contributed by atoms with Crippen molar-refractivity contribution >= 4 is 77.2 Å². The molecule has 1 aliphatic carbocycles. The van der Waals surface area contributed by atoms with Crippen LogP contribution in [0.4, 0.5) is 0 Å². The molecule has 0 unspecified atom stereocenters. The summed E-state index contributed by atoms with van der Waals surface area (Å²) in [7, 11) is 0. The molecule has 0 atom stereocenters. The number of nitrogens with zero attached hydrogens (tertiary/aromatic N) is 6. The van der Waals surface area contributed by atoms with Gasteiger partial charge in [0.05, 0.1) is 55.6 Å². The first-order valence-corrected chi connectivity index (χ1v) is 24.9. The largest absolute Gasteiger partial charge is 0.309 e. The summed E-state index contributed by atoms with van der Waals surface area (Å²) in [6.45, 7) is 0. The van der Waals surface area contributed by atoms with Crippen molar-refractivity contribution in [3.05, 3.63) is 253 Å². The molecular weight excluding hydrogens is 885 g/mol. The molecule has 0 N–H and O–H groups in total. The average Bonchev–Trinajstić information content (AvgIpc) is 4.16. The van der Waals surface area contributed by atoms with Gasteiger partial charge >= 0.3 is 0 Å². The Hall–Kier alpha value is -9.04. The fourth-order valence-corrected chi connectivity index (χ4v) is 13.6. The van der Waals surface area contributed by atoms with Gasteiger partial charge in [-0.15, -0.1) is 0 Å². The zero-order valence-corrected chi connectivity index (χ0v) is 38.8. The van der Waals surface area contributed by atoms with Crippen LogP contribution >= 0.6 is 11.8 Å². The molecule has 0 saturated heterocycles. The van der Waals surface area contributed by atoms with Gasteiger partial charge in [-0.3, -0.25) is 14.5 Å². The second-order valence-electron chi connectivity index (χ2n) is 18.7. The molecule has 0 saturated carbocycles. The lowest BCUT2D eigenvalue weighted by molar-refractivity contribution is 0.718. The first-order chi connectivity index (χ1) is 35.2. The van der Waals surface area contributed by atoms with Crippen LogP contribution in [0.3, 0.4) is 0 Å². The van der Waals surface area contributed by atoms with Gasteiger partial charge in [0.1, 0.15) is 5.82 Å². The molecule has 0 fully saturated rings. The highest BCUT2D eigenvalue weighted by Gasteiger charge is 2.51. The topological polar surface area (TPSA) is 53.5 Å². The molecule has 14 aromatic rings. The number of rotatable bonds is 4. The summed E-state index contributed by atoms with van der Waals surface area (Å²) in [6.07, 6.45) is 5.75. The van der Waals surface area contributed by atoms with E-state index in [1.807, 2.05) is 30.4 Å². The number of hydrogen-bond acceptors (Lipinski definition) is 4. The van der Waals surface area contributed by atoms with Crippen molar-refractivity contribution in [2.24, 2.45) is 0 Å². The number of hydrogen-bond donors (Lipinski definition) is 0. The fraction of sp³-hybridized carbons (Fsp3) is 0.0156. The van der Waals surface area contributed by atoms with Crippen LogP contribution in [0.2, 0.25) is 0 Å². The maximum atomic E-state index is 5.05. The van der Waals surface area contributed by atoms with Gasteiger partial charge in [0.2, 0.25) is 0 Å². The van der Waals surface area contributed by atoms with Crippen LogP contribution in [-0.2, 0) is 5.41 Å². The average molecular weight is 923 g/mol.